The third-order valence-electron chi connectivity index (χ3n) is 6.20. The zero-order chi connectivity index (χ0) is 29.0. The second-order valence-electron chi connectivity index (χ2n) is 10.2. The first-order valence-corrected chi connectivity index (χ1v) is 13.6. The van der Waals surface area contributed by atoms with Crippen LogP contribution in [0, 0.1) is 5.82 Å². The van der Waals surface area contributed by atoms with Gasteiger partial charge in [0.15, 0.2) is 0 Å². The molecule has 0 unspecified atom stereocenters. The van der Waals surface area contributed by atoms with Gasteiger partial charge in [-0.25, -0.2) is 14.0 Å². The minimum atomic E-state index is -0.573. The number of aromatic nitrogens is 1. The lowest BCUT2D eigenvalue weighted by Crippen LogP contribution is -2.50. The van der Waals surface area contributed by atoms with E-state index in [1.165, 1.54) is 24.4 Å². The van der Waals surface area contributed by atoms with Crippen molar-refractivity contribution in [3.05, 3.63) is 52.9 Å². The number of carbonyl (C=O) groups is 2. The van der Waals surface area contributed by atoms with Gasteiger partial charge in [0.2, 0.25) is 0 Å². The van der Waals surface area contributed by atoms with Crippen LogP contribution in [0.1, 0.15) is 45.0 Å². The number of fused-ring (bicyclic) bond motifs is 1. The van der Waals surface area contributed by atoms with Crippen molar-refractivity contribution in [2.75, 3.05) is 49.6 Å². The average Bonchev–Trinajstić information content (AvgIpc) is 2.90. The number of nitrogens with one attached hydrogen (secondary N) is 1. The number of nitrogens with zero attached hydrogens (tertiary/aromatic N) is 3. The van der Waals surface area contributed by atoms with Crippen LogP contribution in [0.25, 0.3) is 10.9 Å². The summed E-state index contributed by atoms with van der Waals surface area (Å²) in [6.07, 6.45) is 1.10. The highest BCUT2D eigenvalue weighted by atomic mass is 35.5. The number of ether oxygens (including phenoxy) is 3. The highest BCUT2D eigenvalue weighted by Crippen LogP contribution is 2.39. The molecule has 0 atom stereocenters. The summed E-state index contributed by atoms with van der Waals surface area (Å²) in [7, 11) is 0. The Labute approximate surface area is 238 Å². The van der Waals surface area contributed by atoms with Gasteiger partial charge >= 0.3 is 12.1 Å². The Bertz CT molecular complexity index is 1400. The van der Waals surface area contributed by atoms with Gasteiger partial charge in [0, 0.05) is 49.5 Å². The van der Waals surface area contributed by atoms with Gasteiger partial charge in [-0.05, 0) is 58.9 Å². The van der Waals surface area contributed by atoms with Gasteiger partial charge in [0.1, 0.15) is 22.7 Å². The Hall–Kier alpha value is -3.79. The smallest absolute Gasteiger partial charge is 0.410 e. The topological polar surface area (TPSA) is 93.2 Å². The fraction of sp³-hybridized carbons (Fsp3) is 0.414. The molecule has 0 radical (unpaired) electrons. The molecule has 1 amide bonds. The molecule has 1 fully saturated rings. The summed E-state index contributed by atoms with van der Waals surface area (Å²) in [5.41, 5.74) is 1.97. The summed E-state index contributed by atoms with van der Waals surface area (Å²) in [5.74, 6) is -0.464. The molecule has 4 rings (SSSR count). The molecule has 1 saturated heterocycles. The van der Waals surface area contributed by atoms with E-state index in [0.717, 1.165) is 5.69 Å². The molecule has 2 heterocycles. The normalized spacial score (nSPS) is 13.8. The zero-order valence-corrected chi connectivity index (χ0v) is 24.1. The molecule has 9 nitrogen and oxygen atoms in total. The van der Waals surface area contributed by atoms with E-state index in [1.807, 2.05) is 39.8 Å². The Morgan fingerprint density at radius 3 is 2.42 bits per heavy atom. The number of benzene rings is 2. The fourth-order valence-electron chi connectivity index (χ4n) is 4.40. The highest BCUT2D eigenvalue weighted by Gasteiger charge is 2.28. The van der Waals surface area contributed by atoms with E-state index in [-0.39, 0.29) is 23.3 Å². The summed E-state index contributed by atoms with van der Waals surface area (Å²) in [6.45, 7) is 11.8. The lowest BCUT2D eigenvalue weighted by Gasteiger charge is -2.37. The first-order chi connectivity index (χ1) is 19.0. The molecule has 0 spiro atoms. The second kappa shape index (κ2) is 12.2. The largest absolute Gasteiger partial charge is 0.492 e. The van der Waals surface area contributed by atoms with Crippen LogP contribution in [0.4, 0.5) is 26.2 Å². The molecule has 1 aromatic heterocycles. The predicted molar refractivity (Wildman–Crippen MR) is 154 cm³/mol. The number of anilines is 3. The molecule has 0 aliphatic carbocycles. The van der Waals surface area contributed by atoms with Crippen molar-refractivity contribution >= 4 is 51.6 Å². The van der Waals surface area contributed by atoms with Gasteiger partial charge in [-0.2, -0.15) is 0 Å². The SMILES string of the molecule is CCOC(=O)c1cnc2cc(OCC)c(N3CCN(C(=O)OC(C)(C)C)CC3)cc2c1Nc1ccc(F)c(Cl)c1. The van der Waals surface area contributed by atoms with Gasteiger partial charge < -0.3 is 29.3 Å². The number of amides is 1. The van der Waals surface area contributed by atoms with Crippen molar-refractivity contribution in [2.24, 2.45) is 0 Å². The lowest BCUT2D eigenvalue weighted by atomic mass is 10.1. The summed E-state index contributed by atoms with van der Waals surface area (Å²) in [4.78, 5) is 33.8. The molecular weight excluding hydrogens is 539 g/mol. The number of rotatable bonds is 7. The number of hydrogen-bond donors (Lipinski definition) is 1. The molecule has 0 saturated carbocycles. The van der Waals surface area contributed by atoms with Gasteiger partial charge in [-0.1, -0.05) is 11.6 Å². The summed E-state index contributed by atoms with van der Waals surface area (Å²) in [5, 5.41) is 3.81. The maximum absolute atomic E-state index is 13.8. The number of halogens is 2. The maximum atomic E-state index is 13.8. The van der Waals surface area contributed by atoms with Gasteiger partial charge in [-0.15, -0.1) is 0 Å². The first-order valence-electron chi connectivity index (χ1n) is 13.2. The van der Waals surface area contributed by atoms with Crippen molar-refractivity contribution in [2.45, 2.75) is 40.2 Å². The van der Waals surface area contributed by atoms with Crippen LogP contribution in [0.2, 0.25) is 5.02 Å². The van der Waals surface area contributed by atoms with Crippen molar-refractivity contribution in [1.29, 1.82) is 0 Å². The highest BCUT2D eigenvalue weighted by molar-refractivity contribution is 6.31. The molecule has 0 bridgehead atoms. The lowest BCUT2D eigenvalue weighted by molar-refractivity contribution is 0.0240. The van der Waals surface area contributed by atoms with Crippen LogP contribution in [0.5, 0.6) is 5.75 Å². The van der Waals surface area contributed by atoms with E-state index >= 15 is 0 Å². The third kappa shape index (κ3) is 6.67. The molecule has 3 aromatic rings. The third-order valence-corrected chi connectivity index (χ3v) is 6.49. The van der Waals surface area contributed by atoms with E-state index in [2.05, 4.69) is 15.2 Å². The van der Waals surface area contributed by atoms with Crippen molar-refractivity contribution in [3.8, 4) is 5.75 Å². The van der Waals surface area contributed by atoms with Gasteiger partial charge in [0.25, 0.3) is 0 Å². The maximum Gasteiger partial charge on any atom is 0.410 e. The van der Waals surface area contributed by atoms with Crippen LogP contribution in [0.3, 0.4) is 0 Å². The summed E-state index contributed by atoms with van der Waals surface area (Å²) < 4.78 is 30.6. The minimum Gasteiger partial charge on any atom is -0.492 e. The van der Waals surface area contributed by atoms with Crippen LogP contribution in [-0.4, -0.2) is 66.9 Å². The Morgan fingerprint density at radius 1 is 1.07 bits per heavy atom. The first kappa shape index (κ1) is 29.2. The second-order valence-corrected chi connectivity index (χ2v) is 10.7. The van der Waals surface area contributed by atoms with Crippen molar-refractivity contribution in [1.82, 2.24) is 9.88 Å². The van der Waals surface area contributed by atoms with E-state index < -0.39 is 17.4 Å². The Balaban J connectivity index is 1.75. The van der Waals surface area contributed by atoms with Gasteiger partial charge in [0.05, 0.1) is 35.1 Å². The number of hydrogen-bond acceptors (Lipinski definition) is 8. The van der Waals surface area contributed by atoms with Crippen molar-refractivity contribution < 1.29 is 28.2 Å². The fourth-order valence-corrected chi connectivity index (χ4v) is 4.58. The molecular formula is C29H34ClFN4O5. The molecule has 40 heavy (non-hydrogen) atoms. The average molecular weight is 573 g/mol. The molecule has 2 aromatic carbocycles. The van der Waals surface area contributed by atoms with Crippen molar-refractivity contribution in [3.63, 3.8) is 0 Å². The number of carbonyl (C=O) groups excluding carboxylic acids is 2. The van der Waals surface area contributed by atoms with Crippen LogP contribution >= 0.6 is 11.6 Å². The monoisotopic (exact) mass is 572 g/mol. The van der Waals surface area contributed by atoms with Crippen LogP contribution in [0.15, 0.2) is 36.5 Å². The van der Waals surface area contributed by atoms with E-state index in [0.29, 0.717) is 60.8 Å². The standard InChI is InChI=1S/C29H34ClFN4O5/c1-6-38-25-16-23-19(15-24(25)34-10-12-35(13-11-34)28(37)40-29(3,4)5)26(20(17-32-23)27(36)39-7-2)33-18-8-9-22(31)21(30)14-18/h8-9,14-17H,6-7,10-13H2,1-5H3,(H,32,33). The minimum absolute atomic E-state index is 0.0526. The van der Waals surface area contributed by atoms with E-state index in [9.17, 15) is 14.0 Å². The van der Waals surface area contributed by atoms with E-state index in [4.69, 9.17) is 25.8 Å². The predicted octanol–water partition coefficient (Wildman–Crippen LogP) is 6.40. The molecule has 1 N–H and O–H groups in total. The number of piperazine rings is 1. The molecule has 1 aliphatic heterocycles. The quantitative estimate of drug-likeness (QED) is 0.325. The summed E-state index contributed by atoms with van der Waals surface area (Å²) in [6, 6.07) is 7.97. The molecule has 11 heteroatoms. The molecule has 214 valence electrons. The van der Waals surface area contributed by atoms with Crippen LogP contribution < -0.4 is 15.0 Å². The molecule has 1 aliphatic rings. The Morgan fingerprint density at radius 2 is 1.80 bits per heavy atom. The van der Waals surface area contributed by atoms with E-state index in [1.54, 1.807) is 11.8 Å². The van der Waals surface area contributed by atoms with Gasteiger partial charge in [-0.3, -0.25) is 4.98 Å². The van der Waals surface area contributed by atoms with Crippen LogP contribution in [-0.2, 0) is 9.47 Å². The number of pyridine rings is 1. The zero-order valence-electron chi connectivity index (χ0n) is 23.3. The summed E-state index contributed by atoms with van der Waals surface area (Å²) >= 11 is 6.02. The Kier molecular flexibility index (Phi) is 8.88. The number of esters is 1.